The van der Waals surface area contributed by atoms with Crippen LogP contribution >= 0.6 is 11.6 Å². The molecule has 3 aromatic rings. The molecule has 2 amide bonds. The summed E-state index contributed by atoms with van der Waals surface area (Å²) in [5, 5.41) is 0.330. The fraction of sp³-hybridized carbons (Fsp3) is 0.185. The summed E-state index contributed by atoms with van der Waals surface area (Å²) in [6.45, 7) is 0. The number of ether oxygens (including phenoxy) is 1. The number of imide groups is 1. The van der Waals surface area contributed by atoms with Gasteiger partial charge in [0.05, 0.1) is 29.2 Å². The molecule has 2 fully saturated rings. The molecule has 3 aliphatic rings. The fourth-order valence-corrected chi connectivity index (χ4v) is 5.77. The molecular formula is C27H15ClF3NO5. The van der Waals surface area contributed by atoms with E-state index in [1.807, 2.05) is 0 Å². The monoisotopic (exact) mass is 525 g/mol. The number of benzene rings is 3. The lowest BCUT2D eigenvalue weighted by molar-refractivity contribution is -0.141. The summed E-state index contributed by atoms with van der Waals surface area (Å²) in [5.41, 5.74) is -3.90. The van der Waals surface area contributed by atoms with E-state index in [0.29, 0.717) is 5.02 Å². The zero-order chi connectivity index (χ0) is 26.3. The van der Waals surface area contributed by atoms with Gasteiger partial charge in [-0.2, -0.15) is 13.2 Å². The topological polar surface area (TPSA) is 80.8 Å². The highest BCUT2D eigenvalue weighted by atomic mass is 35.5. The lowest BCUT2D eigenvalue weighted by atomic mass is 9.76. The van der Waals surface area contributed by atoms with Crippen LogP contribution in [0.1, 0.15) is 37.9 Å². The zero-order valence-electron chi connectivity index (χ0n) is 18.7. The number of halogens is 4. The Bertz CT molecular complexity index is 1480. The summed E-state index contributed by atoms with van der Waals surface area (Å²) in [6, 6.07) is 16.0. The number of hydrogen-bond acceptors (Lipinski definition) is 5. The standard InChI is InChI=1S/C27H15ClF3NO5/c28-13-9-11-14(12-10-13)32-24(35)19-20(25(32)36)26(22(33)15-5-1-2-6-16(15)23(26)34)37-21(19)17-7-3-4-8-18(17)27(29,30)31/h1-12,19-21H/t19-,20+,21-/m0/s1. The number of amides is 2. The zero-order valence-corrected chi connectivity index (χ0v) is 19.4. The van der Waals surface area contributed by atoms with Crippen molar-refractivity contribution < 1.29 is 37.1 Å². The van der Waals surface area contributed by atoms with E-state index in [1.165, 1.54) is 60.7 Å². The summed E-state index contributed by atoms with van der Waals surface area (Å²) < 4.78 is 47.9. The highest BCUT2D eigenvalue weighted by molar-refractivity contribution is 6.37. The summed E-state index contributed by atoms with van der Waals surface area (Å²) in [5.74, 6) is -6.68. The molecule has 0 bridgehead atoms. The van der Waals surface area contributed by atoms with Crippen LogP contribution in [0.3, 0.4) is 0 Å². The molecule has 3 atom stereocenters. The third-order valence-electron chi connectivity index (χ3n) is 7.18. The maximum absolute atomic E-state index is 14.0. The molecule has 2 heterocycles. The predicted octanol–water partition coefficient (Wildman–Crippen LogP) is 5.05. The van der Waals surface area contributed by atoms with E-state index in [0.717, 1.165) is 17.0 Å². The number of anilines is 1. The Kier molecular flexibility index (Phi) is 4.99. The number of Topliss-reactive ketones (excluding diaryl/α,β-unsaturated/α-hetero) is 2. The molecule has 1 aliphatic carbocycles. The van der Waals surface area contributed by atoms with Crippen LogP contribution in [0.15, 0.2) is 72.8 Å². The van der Waals surface area contributed by atoms with Gasteiger partial charge in [-0.25, -0.2) is 4.90 Å². The molecule has 2 aliphatic heterocycles. The maximum atomic E-state index is 14.0. The summed E-state index contributed by atoms with van der Waals surface area (Å²) in [7, 11) is 0. The maximum Gasteiger partial charge on any atom is 0.416 e. The van der Waals surface area contributed by atoms with Crippen molar-refractivity contribution in [1.29, 1.82) is 0 Å². The molecule has 6 nitrogen and oxygen atoms in total. The van der Waals surface area contributed by atoms with Gasteiger partial charge in [0.1, 0.15) is 0 Å². The molecule has 186 valence electrons. The van der Waals surface area contributed by atoms with Crippen molar-refractivity contribution in [3.8, 4) is 0 Å². The number of carbonyl (C=O) groups is 4. The van der Waals surface area contributed by atoms with Gasteiger partial charge in [-0.05, 0) is 35.9 Å². The van der Waals surface area contributed by atoms with Gasteiger partial charge in [-0.1, -0.05) is 54.1 Å². The van der Waals surface area contributed by atoms with Crippen molar-refractivity contribution in [1.82, 2.24) is 0 Å². The average Bonchev–Trinajstić information content (AvgIpc) is 3.44. The van der Waals surface area contributed by atoms with Gasteiger partial charge in [0.15, 0.2) is 0 Å². The second-order valence-electron chi connectivity index (χ2n) is 9.05. The molecule has 10 heteroatoms. The average molecular weight is 526 g/mol. The van der Waals surface area contributed by atoms with E-state index in [-0.39, 0.29) is 16.8 Å². The second-order valence-corrected chi connectivity index (χ2v) is 9.49. The normalized spacial score (nSPS) is 24.2. The van der Waals surface area contributed by atoms with Gasteiger partial charge in [-0.3, -0.25) is 19.2 Å². The molecule has 37 heavy (non-hydrogen) atoms. The van der Waals surface area contributed by atoms with E-state index in [4.69, 9.17) is 16.3 Å². The molecule has 2 saturated heterocycles. The van der Waals surface area contributed by atoms with Gasteiger partial charge in [-0.15, -0.1) is 0 Å². The third-order valence-corrected chi connectivity index (χ3v) is 7.43. The summed E-state index contributed by atoms with van der Waals surface area (Å²) >= 11 is 5.93. The number of rotatable bonds is 2. The minimum Gasteiger partial charge on any atom is -0.349 e. The second kappa shape index (κ2) is 7.84. The number of nitrogens with zero attached hydrogens (tertiary/aromatic N) is 1. The predicted molar refractivity (Wildman–Crippen MR) is 124 cm³/mol. The number of hydrogen-bond donors (Lipinski definition) is 0. The van der Waals surface area contributed by atoms with Crippen molar-refractivity contribution in [3.63, 3.8) is 0 Å². The minimum absolute atomic E-state index is 0.0128. The molecule has 3 aromatic carbocycles. The van der Waals surface area contributed by atoms with E-state index in [9.17, 15) is 32.3 Å². The molecule has 0 radical (unpaired) electrons. The summed E-state index contributed by atoms with van der Waals surface area (Å²) in [4.78, 5) is 55.8. The fourth-order valence-electron chi connectivity index (χ4n) is 5.65. The lowest BCUT2D eigenvalue weighted by Gasteiger charge is -2.28. The highest BCUT2D eigenvalue weighted by Gasteiger charge is 2.75. The SMILES string of the molecule is O=C1[C@@H]2[C@H](c3ccccc3C(F)(F)F)OC3(C(=O)c4ccccc4C3=O)[C@H]2C(=O)N1c1ccc(Cl)cc1. The van der Waals surface area contributed by atoms with Crippen LogP contribution in [-0.2, 0) is 20.5 Å². The first-order valence-electron chi connectivity index (χ1n) is 11.2. The quantitative estimate of drug-likeness (QED) is 0.345. The molecule has 0 N–H and O–H groups in total. The summed E-state index contributed by atoms with van der Waals surface area (Å²) in [6.07, 6.45) is -6.50. The largest absolute Gasteiger partial charge is 0.416 e. The smallest absolute Gasteiger partial charge is 0.349 e. The van der Waals surface area contributed by atoms with Crippen LogP contribution in [0.2, 0.25) is 5.02 Å². The molecule has 6 rings (SSSR count). The molecular weight excluding hydrogens is 511 g/mol. The first-order valence-corrected chi connectivity index (χ1v) is 11.6. The van der Waals surface area contributed by atoms with Crippen molar-refractivity contribution >= 4 is 40.7 Å². The Morgan fingerprint density at radius 3 is 1.95 bits per heavy atom. The van der Waals surface area contributed by atoms with Crippen molar-refractivity contribution in [3.05, 3.63) is 100 Å². The third kappa shape index (κ3) is 3.10. The van der Waals surface area contributed by atoms with E-state index >= 15 is 0 Å². The van der Waals surface area contributed by atoms with Crippen molar-refractivity contribution in [2.24, 2.45) is 11.8 Å². The lowest BCUT2D eigenvalue weighted by Crippen LogP contribution is -2.51. The highest BCUT2D eigenvalue weighted by Crippen LogP contribution is 2.58. The molecule has 0 saturated carbocycles. The first-order chi connectivity index (χ1) is 17.6. The number of fused-ring (bicyclic) bond motifs is 3. The van der Waals surface area contributed by atoms with Gasteiger partial charge >= 0.3 is 6.18 Å². The van der Waals surface area contributed by atoms with Crippen LogP contribution in [0.4, 0.5) is 18.9 Å². The first kappa shape index (κ1) is 23.6. The van der Waals surface area contributed by atoms with Gasteiger partial charge in [0, 0.05) is 16.1 Å². The molecule has 1 spiro atoms. The molecule has 0 unspecified atom stereocenters. The van der Waals surface area contributed by atoms with Crippen LogP contribution in [-0.4, -0.2) is 29.0 Å². The Labute approximate surface area is 212 Å². The van der Waals surface area contributed by atoms with E-state index in [2.05, 4.69) is 0 Å². The number of ketones is 2. The molecule has 0 aromatic heterocycles. The van der Waals surface area contributed by atoms with Crippen LogP contribution in [0.5, 0.6) is 0 Å². The van der Waals surface area contributed by atoms with E-state index in [1.54, 1.807) is 0 Å². The minimum atomic E-state index is -4.82. The Balaban J connectivity index is 1.57. The van der Waals surface area contributed by atoms with Crippen molar-refractivity contribution in [2.45, 2.75) is 17.9 Å². The van der Waals surface area contributed by atoms with E-state index < -0.39 is 64.2 Å². The number of alkyl halides is 3. The van der Waals surface area contributed by atoms with Gasteiger partial charge in [0.2, 0.25) is 29.0 Å². The van der Waals surface area contributed by atoms with Gasteiger partial charge < -0.3 is 4.74 Å². The van der Waals surface area contributed by atoms with Crippen LogP contribution in [0, 0.1) is 11.8 Å². The Morgan fingerprint density at radius 2 is 1.35 bits per heavy atom. The number of carbonyl (C=O) groups excluding carboxylic acids is 4. The van der Waals surface area contributed by atoms with Crippen molar-refractivity contribution in [2.75, 3.05) is 4.90 Å². The van der Waals surface area contributed by atoms with Crippen LogP contribution < -0.4 is 4.90 Å². The Hall–Kier alpha value is -3.82. The Morgan fingerprint density at radius 1 is 0.784 bits per heavy atom. The van der Waals surface area contributed by atoms with Gasteiger partial charge in [0.25, 0.3) is 0 Å². The van der Waals surface area contributed by atoms with Crippen LogP contribution in [0.25, 0.3) is 0 Å².